The van der Waals surface area contributed by atoms with Crippen LogP contribution in [0.2, 0.25) is 0 Å². The largest absolute Gasteiger partial charge is 0.358 e. The van der Waals surface area contributed by atoms with Crippen LogP contribution in [0, 0.1) is 6.92 Å². The van der Waals surface area contributed by atoms with Crippen molar-refractivity contribution in [2.45, 2.75) is 6.92 Å². The van der Waals surface area contributed by atoms with Crippen LogP contribution >= 0.6 is 0 Å². The lowest BCUT2D eigenvalue weighted by Gasteiger charge is -2.03. The molecule has 0 spiro atoms. The van der Waals surface area contributed by atoms with Crippen LogP contribution in [-0.2, 0) is 0 Å². The van der Waals surface area contributed by atoms with E-state index in [0.29, 0.717) is 0 Å². The van der Waals surface area contributed by atoms with E-state index in [1.54, 1.807) is 6.20 Å². The summed E-state index contributed by atoms with van der Waals surface area (Å²) in [6, 6.07) is 16.3. The Hall–Kier alpha value is -3.73. The Bertz CT molecular complexity index is 1420. The molecule has 0 atom stereocenters. The van der Waals surface area contributed by atoms with Crippen molar-refractivity contribution in [3.8, 4) is 11.4 Å². The molecule has 5 nitrogen and oxygen atoms in total. The van der Waals surface area contributed by atoms with Gasteiger partial charge in [0.05, 0.1) is 22.1 Å². The smallest absolute Gasteiger partial charge is 0.140 e. The highest BCUT2D eigenvalue weighted by Crippen LogP contribution is 2.36. The lowest BCUT2D eigenvalue weighted by atomic mass is 10.1. The second-order valence-corrected chi connectivity index (χ2v) is 6.78. The molecule has 4 heterocycles. The number of hydrogen-bond donors (Lipinski definition) is 2. The zero-order valence-corrected chi connectivity index (χ0v) is 14.6. The summed E-state index contributed by atoms with van der Waals surface area (Å²) in [4.78, 5) is 21.2. The summed E-state index contributed by atoms with van der Waals surface area (Å²) >= 11 is 0. The molecule has 0 saturated heterocycles. The van der Waals surface area contributed by atoms with Crippen LogP contribution in [0.15, 0.2) is 60.9 Å². The summed E-state index contributed by atoms with van der Waals surface area (Å²) in [6.45, 7) is 2.09. The van der Waals surface area contributed by atoms with Gasteiger partial charge in [0.1, 0.15) is 5.82 Å². The van der Waals surface area contributed by atoms with Gasteiger partial charge in [-0.15, -0.1) is 0 Å². The first-order valence-electron chi connectivity index (χ1n) is 8.90. The van der Waals surface area contributed by atoms with Crippen molar-refractivity contribution < 1.29 is 0 Å². The van der Waals surface area contributed by atoms with Crippen LogP contribution in [0.1, 0.15) is 5.69 Å². The van der Waals surface area contributed by atoms with Crippen molar-refractivity contribution in [3.63, 3.8) is 0 Å². The maximum Gasteiger partial charge on any atom is 0.140 e. The van der Waals surface area contributed by atoms with E-state index in [4.69, 9.17) is 4.98 Å². The van der Waals surface area contributed by atoms with Gasteiger partial charge in [-0.1, -0.05) is 18.2 Å². The number of nitrogens with zero attached hydrogens (tertiary/aromatic N) is 3. The Balaban J connectivity index is 1.80. The number of rotatable bonds is 1. The third-order valence-corrected chi connectivity index (χ3v) is 5.20. The quantitative estimate of drug-likeness (QED) is 0.405. The van der Waals surface area contributed by atoms with Crippen molar-refractivity contribution in [3.05, 3.63) is 66.6 Å². The van der Waals surface area contributed by atoms with Crippen molar-refractivity contribution in [2.24, 2.45) is 0 Å². The molecule has 0 amide bonds. The first kappa shape index (κ1) is 14.4. The number of nitrogens with one attached hydrogen (secondary N) is 2. The van der Waals surface area contributed by atoms with E-state index < -0.39 is 0 Å². The maximum absolute atomic E-state index is 5.00. The SMILES string of the molecule is Cc1[nH]c2ccccc2c1-c1nc2c3cccnc3c3ncccc3c2[nH]1. The van der Waals surface area contributed by atoms with Gasteiger partial charge in [-0.2, -0.15) is 0 Å². The zero-order valence-electron chi connectivity index (χ0n) is 14.6. The molecule has 2 N–H and O–H groups in total. The molecule has 0 aliphatic carbocycles. The van der Waals surface area contributed by atoms with Gasteiger partial charge >= 0.3 is 0 Å². The van der Waals surface area contributed by atoms with Crippen molar-refractivity contribution in [2.75, 3.05) is 0 Å². The summed E-state index contributed by atoms with van der Waals surface area (Å²) in [5.41, 5.74) is 7.02. The maximum atomic E-state index is 5.00. The first-order chi connectivity index (χ1) is 13.3. The van der Waals surface area contributed by atoms with Crippen molar-refractivity contribution in [1.82, 2.24) is 24.9 Å². The van der Waals surface area contributed by atoms with Gasteiger partial charge in [0.2, 0.25) is 0 Å². The van der Waals surface area contributed by atoms with E-state index in [1.807, 2.05) is 24.4 Å². The Kier molecular flexibility index (Phi) is 2.75. The van der Waals surface area contributed by atoms with E-state index in [9.17, 15) is 0 Å². The molecule has 6 rings (SSSR count). The lowest BCUT2D eigenvalue weighted by Crippen LogP contribution is -1.86. The second kappa shape index (κ2) is 5.14. The summed E-state index contributed by atoms with van der Waals surface area (Å²) in [6.07, 6.45) is 3.61. The lowest BCUT2D eigenvalue weighted by molar-refractivity contribution is 1.26. The van der Waals surface area contributed by atoms with Gasteiger partial charge in [0.15, 0.2) is 0 Å². The number of fused-ring (bicyclic) bond motifs is 7. The van der Waals surface area contributed by atoms with Gasteiger partial charge in [0.25, 0.3) is 0 Å². The van der Waals surface area contributed by atoms with Crippen LogP contribution in [0.25, 0.3) is 55.1 Å². The number of aryl methyl sites for hydroxylation is 1. The summed E-state index contributed by atoms with van der Waals surface area (Å²) < 4.78 is 0. The molecule has 2 aromatic carbocycles. The second-order valence-electron chi connectivity index (χ2n) is 6.78. The number of aromatic nitrogens is 5. The Labute approximate surface area is 154 Å². The molecule has 0 fully saturated rings. The van der Waals surface area contributed by atoms with E-state index in [0.717, 1.165) is 55.4 Å². The summed E-state index contributed by atoms with van der Waals surface area (Å²) in [5.74, 6) is 0.862. The van der Waals surface area contributed by atoms with Crippen LogP contribution in [0.5, 0.6) is 0 Å². The van der Waals surface area contributed by atoms with Crippen LogP contribution in [0.3, 0.4) is 0 Å². The summed E-state index contributed by atoms with van der Waals surface area (Å²) in [7, 11) is 0. The monoisotopic (exact) mass is 349 g/mol. The van der Waals surface area contributed by atoms with Crippen molar-refractivity contribution in [1.29, 1.82) is 0 Å². The Morgan fingerprint density at radius 3 is 2.26 bits per heavy atom. The molecule has 0 radical (unpaired) electrons. The highest BCUT2D eigenvalue weighted by Gasteiger charge is 2.18. The predicted molar refractivity (Wildman–Crippen MR) is 109 cm³/mol. The summed E-state index contributed by atoms with van der Waals surface area (Å²) in [5, 5.41) is 3.22. The first-order valence-corrected chi connectivity index (χ1v) is 8.90. The van der Waals surface area contributed by atoms with Gasteiger partial charge in [0, 0.05) is 45.3 Å². The van der Waals surface area contributed by atoms with Gasteiger partial charge < -0.3 is 9.97 Å². The number of pyridine rings is 2. The molecule has 0 bridgehead atoms. The number of imidazole rings is 1. The zero-order chi connectivity index (χ0) is 18.0. The minimum absolute atomic E-state index is 0.862. The molecular formula is C22H15N5. The molecule has 0 unspecified atom stereocenters. The van der Waals surface area contributed by atoms with Crippen LogP contribution < -0.4 is 0 Å². The molecule has 4 aromatic heterocycles. The Morgan fingerprint density at radius 1 is 0.704 bits per heavy atom. The molecule has 6 aromatic rings. The van der Waals surface area contributed by atoms with Crippen LogP contribution in [0.4, 0.5) is 0 Å². The minimum Gasteiger partial charge on any atom is -0.358 e. The van der Waals surface area contributed by atoms with E-state index in [-0.39, 0.29) is 0 Å². The topological polar surface area (TPSA) is 70.2 Å². The number of aromatic amines is 2. The number of hydrogen-bond acceptors (Lipinski definition) is 3. The highest BCUT2D eigenvalue weighted by atomic mass is 14.9. The van der Waals surface area contributed by atoms with Gasteiger partial charge in [-0.25, -0.2) is 4.98 Å². The highest BCUT2D eigenvalue weighted by molar-refractivity contribution is 6.21. The third-order valence-electron chi connectivity index (χ3n) is 5.20. The normalized spacial score (nSPS) is 11.9. The van der Waals surface area contributed by atoms with E-state index in [2.05, 4.69) is 57.2 Å². The molecule has 5 heteroatoms. The van der Waals surface area contributed by atoms with Crippen LogP contribution in [-0.4, -0.2) is 24.9 Å². The number of H-pyrrole nitrogens is 2. The third kappa shape index (κ3) is 1.91. The fourth-order valence-electron chi connectivity index (χ4n) is 4.04. The van der Waals surface area contributed by atoms with E-state index >= 15 is 0 Å². The molecule has 128 valence electrons. The standard InChI is InChI=1S/C22H15N5/c1-12-17(13-6-2-3-9-16(13)25-12)22-26-20-14-7-4-10-23-18(14)19-15(21(20)27-22)8-5-11-24-19/h2-11,25H,1H3,(H,26,27). The number of benzene rings is 2. The molecule has 0 aliphatic rings. The molecule has 27 heavy (non-hydrogen) atoms. The fourth-order valence-corrected chi connectivity index (χ4v) is 4.04. The van der Waals surface area contributed by atoms with Crippen molar-refractivity contribution >= 4 is 43.7 Å². The predicted octanol–water partition coefficient (Wildman–Crippen LogP) is 5.12. The van der Waals surface area contributed by atoms with Gasteiger partial charge in [-0.3, -0.25) is 9.97 Å². The van der Waals surface area contributed by atoms with E-state index in [1.165, 1.54) is 5.39 Å². The number of para-hydroxylation sites is 1. The Morgan fingerprint density at radius 2 is 1.41 bits per heavy atom. The average molecular weight is 349 g/mol. The molecular weight excluding hydrogens is 334 g/mol. The minimum atomic E-state index is 0.862. The van der Waals surface area contributed by atoms with Gasteiger partial charge in [-0.05, 0) is 37.3 Å². The fraction of sp³-hybridized carbons (Fsp3) is 0.0455. The average Bonchev–Trinajstić information content (AvgIpc) is 3.28. The molecule has 0 aliphatic heterocycles. The molecule has 0 saturated carbocycles.